The van der Waals surface area contributed by atoms with Crippen LogP contribution in [0.2, 0.25) is 0 Å². The first-order valence-electron chi connectivity index (χ1n) is 9.62. The van der Waals surface area contributed by atoms with Gasteiger partial charge in [0.1, 0.15) is 11.4 Å². The van der Waals surface area contributed by atoms with Gasteiger partial charge in [0.15, 0.2) is 6.79 Å². The second kappa shape index (κ2) is 9.10. The number of aryl methyl sites for hydroxylation is 2. The van der Waals surface area contributed by atoms with E-state index in [1.807, 2.05) is 26.8 Å². The summed E-state index contributed by atoms with van der Waals surface area (Å²) in [6, 6.07) is 4.42. The summed E-state index contributed by atoms with van der Waals surface area (Å²) >= 11 is 0. The van der Waals surface area contributed by atoms with Gasteiger partial charge in [-0.15, -0.1) is 10.2 Å². The number of nitrogens with zero attached hydrogens (tertiary/aromatic N) is 3. The van der Waals surface area contributed by atoms with Crippen LogP contribution < -0.4 is 15.8 Å². The van der Waals surface area contributed by atoms with Crippen LogP contribution in [0, 0.1) is 13.8 Å². The Hall–Kier alpha value is -2.25. The maximum absolute atomic E-state index is 6.19. The number of anilines is 1. The molecule has 1 aromatic heterocycles. The average Bonchev–Trinajstić information content (AvgIpc) is 2.64. The first kappa shape index (κ1) is 19.5. The molecule has 1 aliphatic rings. The molecule has 3 N–H and O–H groups in total. The lowest BCUT2D eigenvalue weighted by atomic mass is 9.91. The summed E-state index contributed by atoms with van der Waals surface area (Å²) in [4.78, 5) is 4.46. The Morgan fingerprint density at radius 2 is 2.00 bits per heavy atom. The van der Waals surface area contributed by atoms with Crippen molar-refractivity contribution in [2.45, 2.75) is 58.5 Å². The third kappa shape index (κ3) is 4.93. The zero-order chi connectivity index (χ0) is 19.2. The van der Waals surface area contributed by atoms with Crippen molar-refractivity contribution < 1.29 is 9.47 Å². The standard InChI is InChI=1S/C20H29N5O2/c1-4-26-12-27-18-10-13(2)9-14(3)19(18)17-11-22-20(25-24-17)23-16-8-6-5-7-15(16)21/h9-11,15-16H,4-8,12,21H2,1-3H3,(H,22,23,25)/t15-,16-/m0/s1. The fourth-order valence-corrected chi connectivity index (χ4v) is 3.52. The van der Waals surface area contributed by atoms with E-state index in [1.54, 1.807) is 6.20 Å². The molecule has 2 atom stereocenters. The van der Waals surface area contributed by atoms with Gasteiger partial charge in [-0.2, -0.15) is 0 Å². The quantitative estimate of drug-likeness (QED) is 0.570. The fourth-order valence-electron chi connectivity index (χ4n) is 3.52. The van der Waals surface area contributed by atoms with Crippen LogP contribution in [0.25, 0.3) is 11.3 Å². The molecule has 0 bridgehead atoms. The van der Waals surface area contributed by atoms with Gasteiger partial charge in [0, 0.05) is 24.3 Å². The summed E-state index contributed by atoms with van der Waals surface area (Å²) < 4.78 is 11.1. The Kier molecular flexibility index (Phi) is 6.58. The smallest absolute Gasteiger partial charge is 0.242 e. The van der Waals surface area contributed by atoms with Gasteiger partial charge in [-0.1, -0.05) is 18.9 Å². The number of nitrogens with one attached hydrogen (secondary N) is 1. The molecule has 3 rings (SSSR count). The zero-order valence-electron chi connectivity index (χ0n) is 16.4. The summed E-state index contributed by atoms with van der Waals surface area (Å²) in [5.41, 5.74) is 9.94. The number of aromatic nitrogens is 3. The van der Waals surface area contributed by atoms with Gasteiger partial charge in [-0.05, 0) is 50.8 Å². The molecule has 1 aliphatic carbocycles. The summed E-state index contributed by atoms with van der Waals surface area (Å²) in [6.07, 6.45) is 6.18. The third-order valence-electron chi connectivity index (χ3n) is 4.90. The number of rotatable bonds is 7. The second-order valence-corrected chi connectivity index (χ2v) is 7.08. The molecule has 27 heavy (non-hydrogen) atoms. The van der Waals surface area contributed by atoms with Crippen molar-refractivity contribution in [3.8, 4) is 17.0 Å². The molecule has 0 aliphatic heterocycles. The van der Waals surface area contributed by atoms with Crippen molar-refractivity contribution in [1.29, 1.82) is 0 Å². The van der Waals surface area contributed by atoms with Gasteiger partial charge in [0.25, 0.3) is 0 Å². The van der Waals surface area contributed by atoms with Crippen molar-refractivity contribution in [3.63, 3.8) is 0 Å². The second-order valence-electron chi connectivity index (χ2n) is 7.08. The van der Waals surface area contributed by atoms with E-state index in [9.17, 15) is 0 Å². The molecule has 0 saturated heterocycles. The van der Waals surface area contributed by atoms with Crippen LogP contribution in [-0.4, -0.2) is 40.7 Å². The Bertz CT molecular complexity index is 751. The van der Waals surface area contributed by atoms with E-state index in [0.717, 1.165) is 35.3 Å². The van der Waals surface area contributed by atoms with Crippen molar-refractivity contribution in [2.75, 3.05) is 18.7 Å². The third-order valence-corrected chi connectivity index (χ3v) is 4.90. The van der Waals surface area contributed by atoms with Gasteiger partial charge >= 0.3 is 0 Å². The highest BCUT2D eigenvalue weighted by Gasteiger charge is 2.22. The van der Waals surface area contributed by atoms with Gasteiger partial charge in [-0.3, -0.25) is 0 Å². The maximum atomic E-state index is 6.19. The zero-order valence-corrected chi connectivity index (χ0v) is 16.4. The van der Waals surface area contributed by atoms with Crippen LogP contribution in [0.5, 0.6) is 5.75 Å². The van der Waals surface area contributed by atoms with Crippen LogP contribution in [0.15, 0.2) is 18.3 Å². The first-order chi connectivity index (χ1) is 13.1. The molecule has 7 heteroatoms. The van der Waals surface area contributed by atoms with Gasteiger partial charge < -0.3 is 20.5 Å². The van der Waals surface area contributed by atoms with E-state index in [4.69, 9.17) is 15.2 Å². The Morgan fingerprint density at radius 3 is 2.70 bits per heavy atom. The number of nitrogens with two attached hydrogens (primary N) is 1. The minimum atomic E-state index is 0.139. The highest BCUT2D eigenvalue weighted by atomic mass is 16.7. The van der Waals surface area contributed by atoms with Crippen molar-refractivity contribution in [2.24, 2.45) is 5.73 Å². The van der Waals surface area contributed by atoms with Crippen LogP contribution in [-0.2, 0) is 4.74 Å². The number of ether oxygens (including phenoxy) is 2. The van der Waals surface area contributed by atoms with E-state index in [2.05, 4.69) is 26.6 Å². The van der Waals surface area contributed by atoms with E-state index in [-0.39, 0.29) is 18.9 Å². The minimum absolute atomic E-state index is 0.139. The molecule has 146 valence electrons. The normalized spacial score (nSPS) is 19.7. The Morgan fingerprint density at radius 1 is 1.19 bits per heavy atom. The van der Waals surface area contributed by atoms with Crippen molar-refractivity contribution in [3.05, 3.63) is 29.5 Å². The van der Waals surface area contributed by atoms with Crippen LogP contribution in [0.1, 0.15) is 43.7 Å². The molecule has 2 aromatic rings. The Labute approximate surface area is 160 Å². The average molecular weight is 371 g/mol. The minimum Gasteiger partial charge on any atom is -0.467 e. The van der Waals surface area contributed by atoms with Crippen LogP contribution in [0.4, 0.5) is 5.95 Å². The Balaban J connectivity index is 1.79. The van der Waals surface area contributed by atoms with Gasteiger partial charge in [0.05, 0.1) is 6.20 Å². The molecule has 0 spiro atoms. The lowest BCUT2D eigenvalue weighted by Crippen LogP contribution is -2.43. The molecule has 1 fully saturated rings. The largest absolute Gasteiger partial charge is 0.467 e. The molecule has 1 saturated carbocycles. The summed E-state index contributed by atoms with van der Waals surface area (Å²) in [7, 11) is 0. The summed E-state index contributed by atoms with van der Waals surface area (Å²) in [6.45, 7) is 6.81. The van der Waals surface area contributed by atoms with E-state index >= 15 is 0 Å². The molecule has 0 unspecified atom stereocenters. The van der Waals surface area contributed by atoms with E-state index < -0.39 is 0 Å². The predicted octanol–water partition coefficient (Wildman–Crippen LogP) is 3.21. The van der Waals surface area contributed by atoms with Gasteiger partial charge in [0.2, 0.25) is 5.95 Å². The lowest BCUT2D eigenvalue weighted by molar-refractivity contribution is 0.0227. The molecule has 0 amide bonds. The van der Waals surface area contributed by atoms with Crippen LogP contribution in [0.3, 0.4) is 0 Å². The fraction of sp³-hybridized carbons (Fsp3) is 0.550. The lowest BCUT2D eigenvalue weighted by Gasteiger charge is -2.29. The topological polar surface area (TPSA) is 95.2 Å². The van der Waals surface area contributed by atoms with E-state index in [0.29, 0.717) is 18.2 Å². The van der Waals surface area contributed by atoms with Gasteiger partial charge in [-0.25, -0.2) is 4.98 Å². The maximum Gasteiger partial charge on any atom is 0.242 e. The summed E-state index contributed by atoms with van der Waals surface area (Å²) in [5.74, 6) is 1.25. The number of hydrogen-bond acceptors (Lipinski definition) is 7. The number of hydrogen-bond donors (Lipinski definition) is 2. The molecule has 7 nitrogen and oxygen atoms in total. The summed E-state index contributed by atoms with van der Waals surface area (Å²) in [5, 5.41) is 12.0. The molecular weight excluding hydrogens is 342 g/mol. The van der Waals surface area contributed by atoms with Crippen molar-refractivity contribution in [1.82, 2.24) is 15.2 Å². The highest BCUT2D eigenvalue weighted by molar-refractivity contribution is 5.71. The van der Waals surface area contributed by atoms with E-state index in [1.165, 1.54) is 12.8 Å². The molecule has 0 radical (unpaired) electrons. The van der Waals surface area contributed by atoms with Crippen LogP contribution >= 0.6 is 0 Å². The molecule has 1 aromatic carbocycles. The molecule has 1 heterocycles. The monoisotopic (exact) mass is 371 g/mol. The number of benzene rings is 1. The molecular formula is C20H29N5O2. The predicted molar refractivity (Wildman–Crippen MR) is 106 cm³/mol. The SMILES string of the molecule is CCOCOc1cc(C)cc(C)c1-c1cnc(N[C@H]2CCCC[C@@H]2N)nn1. The van der Waals surface area contributed by atoms with Crippen molar-refractivity contribution >= 4 is 5.95 Å². The first-order valence-corrected chi connectivity index (χ1v) is 9.62. The highest BCUT2D eigenvalue weighted by Crippen LogP contribution is 2.33.